The molecule has 96 valence electrons. The lowest BCUT2D eigenvalue weighted by Crippen LogP contribution is -2.13. The molecular weight excluding hydrogens is 264 g/mol. The van der Waals surface area contributed by atoms with Crippen LogP contribution in [0.1, 0.15) is 5.56 Å². The first-order chi connectivity index (χ1) is 9.03. The number of nitrogens with zero attached hydrogens (tertiary/aromatic N) is 1. The van der Waals surface area contributed by atoms with Crippen LogP contribution < -0.4 is 4.72 Å². The number of hydrogen-bond donors (Lipinski definition) is 2. The van der Waals surface area contributed by atoms with Crippen molar-refractivity contribution in [3.63, 3.8) is 0 Å². The van der Waals surface area contributed by atoms with Crippen LogP contribution in [0.5, 0.6) is 5.75 Å². The second-order valence-electron chi connectivity index (χ2n) is 3.76. The van der Waals surface area contributed by atoms with Gasteiger partial charge in [-0.25, -0.2) is 8.42 Å². The van der Waals surface area contributed by atoms with Gasteiger partial charge in [0.2, 0.25) is 0 Å². The van der Waals surface area contributed by atoms with Gasteiger partial charge in [0.05, 0.1) is 16.1 Å². The first-order valence-electron chi connectivity index (χ1n) is 5.34. The van der Waals surface area contributed by atoms with Crippen molar-refractivity contribution in [2.45, 2.75) is 4.90 Å². The number of nitriles is 1. The van der Waals surface area contributed by atoms with E-state index >= 15 is 0 Å². The van der Waals surface area contributed by atoms with Crippen molar-refractivity contribution >= 4 is 15.7 Å². The predicted molar refractivity (Wildman–Crippen MR) is 70.1 cm³/mol. The lowest BCUT2D eigenvalue weighted by molar-refractivity contribution is 0.473. The Labute approximate surface area is 110 Å². The third kappa shape index (κ3) is 2.84. The SMILES string of the molecule is N#Cc1ccccc1NS(=O)(=O)c1cccc(O)c1. The van der Waals surface area contributed by atoms with Crippen LogP contribution in [0.25, 0.3) is 0 Å². The zero-order valence-electron chi connectivity index (χ0n) is 9.74. The average Bonchev–Trinajstić information content (AvgIpc) is 2.39. The molecular formula is C13H10N2O3S. The Hall–Kier alpha value is -2.52. The molecule has 0 aliphatic rings. The van der Waals surface area contributed by atoms with E-state index in [-0.39, 0.29) is 21.9 Å². The van der Waals surface area contributed by atoms with E-state index in [4.69, 9.17) is 5.26 Å². The van der Waals surface area contributed by atoms with E-state index in [1.54, 1.807) is 12.1 Å². The summed E-state index contributed by atoms with van der Waals surface area (Å²) in [6.07, 6.45) is 0. The number of sulfonamides is 1. The van der Waals surface area contributed by atoms with Crippen LogP contribution in [0, 0.1) is 11.3 Å². The number of rotatable bonds is 3. The van der Waals surface area contributed by atoms with Gasteiger partial charge in [0.25, 0.3) is 10.0 Å². The summed E-state index contributed by atoms with van der Waals surface area (Å²) < 4.78 is 26.5. The van der Waals surface area contributed by atoms with Gasteiger partial charge in [-0.2, -0.15) is 5.26 Å². The van der Waals surface area contributed by atoms with E-state index in [9.17, 15) is 13.5 Å². The Bertz CT molecular complexity index is 748. The maximum atomic E-state index is 12.1. The minimum atomic E-state index is -3.83. The number of anilines is 1. The standard InChI is InChI=1S/C13H10N2O3S/c14-9-10-4-1-2-7-13(10)15-19(17,18)12-6-3-5-11(16)8-12/h1-8,15-16H. The van der Waals surface area contributed by atoms with Gasteiger partial charge in [0, 0.05) is 6.07 Å². The Balaban J connectivity index is 2.40. The van der Waals surface area contributed by atoms with E-state index < -0.39 is 10.0 Å². The molecule has 0 bridgehead atoms. The van der Waals surface area contributed by atoms with E-state index in [0.717, 1.165) is 6.07 Å². The molecule has 2 N–H and O–H groups in total. The molecule has 0 heterocycles. The molecule has 0 aliphatic carbocycles. The van der Waals surface area contributed by atoms with Crippen molar-refractivity contribution in [3.8, 4) is 11.8 Å². The van der Waals surface area contributed by atoms with Crippen LogP contribution in [0.2, 0.25) is 0 Å². The molecule has 0 aliphatic heterocycles. The highest BCUT2D eigenvalue weighted by molar-refractivity contribution is 7.92. The number of para-hydroxylation sites is 1. The van der Waals surface area contributed by atoms with Crippen molar-refractivity contribution in [1.82, 2.24) is 0 Å². The minimum Gasteiger partial charge on any atom is -0.508 e. The highest BCUT2D eigenvalue weighted by atomic mass is 32.2. The highest BCUT2D eigenvalue weighted by Crippen LogP contribution is 2.21. The lowest BCUT2D eigenvalue weighted by Gasteiger charge is -2.09. The Kier molecular flexibility index (Phi) is 3.40. The first-order valence-corrected chi connectivity index (χ1v) is 6.82. The fourth-order valence-corrected chi connectivity index (χ4v) is 2.64. The fourth-order valence-electron chi connectivity index (χ4n) is 1.52. The summed E-state index contributed by atoms with van der Waals surface area (Å²) in [5, 5.41) is 18.2. The summed E-state index contributed by atoms with van der Waals surface area (Å²) in [6, 6.07) is 13.5. The van der Waals surface area contributed by atoms with Crippen molar-refractivity contribution in [2.75, 3.05) is 4.72 Å². The van der Waals surface area contributed by atoms with Crippen LogP contribution in [0.4, 0.5) is 5.69 Å². The highest BCUT2D eigenvalue weighted by Gasteiger charge is 2.16. The van der Waals surface area contributed by atoms with Crippen molar-refractivity contribution in [1.29, 1.82) is 5.26 Å². The van der Waals surface area contributed by atoms with Gasteiger partial charge < -0.3 is 5.11 Å². The molecule has 19 heavy (non-hydrogen) atoms. The summed E-state index contributed by atoms with van der Waals surface area (Å²) in [5.74, 6) is -0.142. The Morgan fingerprint density at radius 1 is 1.11 bits per heavy atom. The van der Waals surface area contributed by atoms with Crippen LogP contribution in [-0.2, 0) is 10.0 Å². The topological polar surface area (TPSA) is 90.2 Å². The smallest absolute Gasteiger partial charge is 0.262 e. The third-order valence-electron chi connectivity index (χ3n) is 2.42. The summed E-state index contributed by atoms with van der Waals surface area (Å²) in [7, 11) is -3.83. The van der Waals surface area contributed by atoms with Crippen LogP contribution in [-0.4, -0.2) is 13.5 Å². The second-order valence-corrected chi connectivity index (χ2v) is 5.44. The molecule has 0 fully saturated rings. The number of phenols is 1. The van der Waals surface area contributed by atoms with Gasteiger partial charge in [0.1, 0.15) is 11.8 Å². The number of nitrogens with one attached hydrogen (secondary N) is 1. The van der Waals surface area contributed by atoms with E-state index in [1.807, 2.05) is 6.07 Å². The normalized spacial score (nSPS) is 10.7. The van der Waals surface area contributed by atoms with Gasteiger partial charge in [0.15, 0.2) is 0 Å². The zero-order chi connectivity index (χ0) is 13.9. The number of hydrogen-bond acceptors (Lipinski definition) is 4. The van der Waals surface area contributed by atoms with Gasteiger partial charge in [-0.15, -0.1) is 0 Å². The maximum Gasteiger partial charge on any atom is 0.262 e. The largest absolute Gasteiger partial charge is 0.508 e. The molecule has 2 rings (SSSR count). The average molecular weight is 274 g/mol. The van der Waals surface area contributed by atoms with Crippen LogP contribution in [0.3, 0.4) is 0 Å². The van der Waals surface area contributed by atoms with Crippen LogP contribution in [0.15, 0.2) is 53.4 Å². The molecule has 0 radical (unpaired) electrons. The summed E-state index contributed by atoms with van der Waals surface area (Å²) in [4.78, 5) is -0.0692. The quantitative estimate of drug-likeness (QED) is 0.896. The molecule has 0 atom stereocenters. The Morgan fingerprint density at radius 2 is 1.84 bits per heavy atom. The van der Waals surface area contributed by atoms with Gasteiger partial charge >= 0.3 is 0 Å². The lowest BCUT2D eigenvalue weighted by atomic mass is 10.2. The zero-order valence-corrected chi connectivity index (χ0v) is 10.6. The van der Waals surface area contributed by atoms with Gasteiger partial charge in [-0.05, 0) is 24.3 Å². The molecule has 0 spiro atoms. The van der Waals surface area contributed by atoms with E-state index in [1.165, 1.54) is 30.3 Å². The summed E-state index contributed by atoms with van der Waals surface area (Å²) in [5.41, 5.74) is 0.430. The molecule has 0 unspecified atom stereocenters. The molecule has 0 saturated heterocycles. The van der Waals surface area contributed by atoms with Crippen LogP contribution >= 0.6 is 0 Å². The molecule has 2 aromatic rings. The number of phenolic OH excluding ortho intramolecular Hbond substituents is 1. The first kappa shape index (κ1) is 12.9. The second kappa shape index (κ2) is 5.00. The minimum absolute atomic E-state index is 0.0692. The van der Waals surface area contributed by atoms with Gasteiger partial charge in [-0.1, -0.05) is 18.2 Å². The number of aromatic hydroxyl groups is 1. The molecule has 6 heteroatoms. The summed E-state index contributed by atoms with van der Waals surface area (Å²) in [6.45, 7) is 0. The van der Waals surface area contributed by atoms with Crippen molar-refractivity contribution in [3.05, 3.63) is 54.1 Å². The molecule has 0 aromatic heterocycles. The fraction of sp³-hybridized carbons (Fsp3) is 0. The number of benzene rings is 2. The Morgan fingerprint density at radius 3 is 2.53 bits per heavy atom. The van der Waals surface area contributed by atoms with Crippen molar-refractivity contribution in [2.24, 2.45) is 0 Å². The molecule has 0 saturated carbocycles. The van der Waals surface area contributed by atoms with Crippen molar-refractivity contribution < 1.29 is 13.5 Å². The van der Waals surface area contributed by atoms with E-state index in [2.05, 4.69) is 4.72 Å². The van der Waals surface area contributed by atoms with E-state index in [0.29, 0.717) is 0 Å². The monoisotopic (exact) mass is 274 g/mol. The predicted octanol–water partition coefficient (Wildman–Crippen LogP) is 2.06. The molecule has 5 nitrogen and oxygen atoms in total. The molecule has 2 aromatic carbocycles. The van der Waals surface area contributed by atoms with Gasteiger partial charge in [-0.3, -0.25) is 4.72 Å². The third-order valence-corrected chi connectivity index (χ3v) is 3.78. The maximum absolute atomic E-state index is 12.1. The molecule has 0 amide bonds. The summed E-state index contributed by atoms with van der Waals surface area (Å²) >= 11 is 0.